The number of aryl methyl sites for hydroxylation is 1. The van der Waals surface area contributed by atoms with E-state index in [1.807, 2.05) is 6.92 Å². The van der Waals surface area contributed by atoms with Crippen molar-refractivity contribution < 1.29 is 8.78 Å². The lowest BCUT2D eigenvalue weighted by Crippen LogP contribution is -2.37. The van der Waals surface area contributed by atoms with Gasteiger partial charge >= 0.3 is 0 Å². The van der Waals surface area contributed by atoms with Crippen LogP contribution in [-0.4, -0.2) is 12.5 Å². The molecule has 0 heterocycles. The third-order valence-corrected chi connectivity index (χ3v) is 2.16. The summed E-state index contributed by atoms with van der Waals surface area (Å²) in [6.45, 7) is 4.01. The summed E-state index contributed by atoms with van der Waals surface area (Å²) in [7, 11) is 0. The first-order valence-electron chi connectivity index (χ1n) is 5.32. The van der Waals surface area contributed by atoms with Crippen LogP contribution in [0.2, 0.25) is 0 Å². The fraction of sp³-hybridized carbons (Fsp3) is 0.364. The van der Waals surface area contributed by atoms with Gasteiger partial charge in [-0.25, -0.2) is 14.6 Å². The van der Waals surface area contributed by atoms with Crippen LogP contribution in [0, 0.1) is 18.6 Å². The summed E-state index contributed by atoms with van der Waals surface area (Å²) < 4.78 is 27.1. The number of nitrogens with one attached hydrogen (secondary N) is 2. The van der Waals surface area contributed by atoms with Crippen LogP contribution < -0.4 is 16.6 Å². The maximum Gasteiger partial charge on any atom is 0.210 e. The number of nitrogens with two attached hydrogens (primary N) is 1. The Bertz CT molecular complexity index is 418. The van der Waals surface area contributed by atoms with Crippen LogP contribution in [0.15, 0.2) is 17.1 Å². The molecule has 0 aromatic heterocycles. The molecule has 0 atom stereocenters. The number of aliphatic imine (C=N–C) groups is 1. The zero-order chi connectivity index (χ0) is 12.8. The Morgan fingerprint density at radius 1 is 1.41 bits per heavy atom. The molecule has 0 spiro atoms. The second-order valence-electron chi connectivity index (χ2n) is 3.55. The summed E-state index contributed by atoms with van der Waals surface area (Å²) in [5, 5.41) is 2.50. The van der Waals surface area contributed by atoms with Gasteiger partial charge < -0.3 is 5.32 Å². The molecule has 4 nitrogen and oxygen atoms in total. The number of nitrogens with zero attached hydrogens (tertiary/aromatic N) is 1. The number of halogens is 2. The van der Waals surface area contributed by atoms with E-state index in [1.54, 1.807) is 6.92 Å². The molecule has 1 aromatic carbocycles. The van der Waals surface area contributed by atoms with Crippen molar-refractivity contribution in [3.8, 4) is 0 Å². The number of guanidine groups is 1. The van der Waals surface area contributed by atoms with Crippen molar-refractivity contribution in [1.29, 1.82) is 0 Å². The van der Waals surface area contributed by atoms with Crippen LogP contribution in [0.1, 0.15) is 18.9 Å². The van der Waals surface area contributed by atoms with E-state index in [0.717, 1.165) is 6.42 Å². The molecule has 0 radical (unpaired) electrons. The van der Waals surface area contributed by atoms with Crippen LogP contribution in [0.3, 0.4) is 0 Å². The summed E-state index contributed by atoms with van der Waals surface area (Å²) in [6, 6.07) is 2.56. The average molecular weight is 242 g/mol. The first-order chi connectivity index (χ1) is 8.10. The van der Waals surface area contributed by atoms with Gasteiger partial charge in [0.05, 0.1) is 0 Å². The van der Waals surface area contributed by atoms with Crippen molar-refractivity contribution in [2.75, 3.05) is 11.9 Å². The van der Waals surface area contributed by atoms with Gasteiger partial charge in [0.2, 0.25) is 5.96 Å². The van der Waals surface area contributed by atoms with E-state index in [0.29, 0.717) is 12.1 Å². The second-order valence-corrected chi connectivity index (χ2v) is 3.55. The molecule has 17 heavy (non-hydrogen) atoms. The highest BCUT2D eigenvalue weighted by atomic mass is 19.1. The zero-order valence-electron chi connectivity index (χ0n) is 9.85. The summed E-state index contributed by atoms with van der Waals surface area (Å²) in [4.78, 5) is 4.00. The standard InChI is InChI=1S/C11H16F2N4/c1-3-6-15-11(17-14)16-10-8(12)5-4-7(2)9(10)13/h4-5H,3,6,14H2,1-2H3,(H2,15,16,17). The van der Waals surface area contributed by atoms with Gasteiger partial charge in [0.25, 0.3) is 0 Å². The van der Waals surface area contributed by atoms with Crippen molar-refractivity contribution in [1.82, 2.24) is 5.43 Å². The largest absolute Gasteiger partial charge is 0.320 e. The van der Waals surface area contributed by atoms with Gasteiger partial charge in [0.15, 0.2) is 5.82 Å². The van der Waals surface area contributed by atoms with Gasteiger partial charge in [-0.15, -0.1) is 0 Å². The van der Waals surface area contributed by atoms with Crippen molar-refractivity contribution >= 4 is 11.6 Å². The molecule has 0 amide bonds. The monoisotopic (exact) mass is 242 g/mol. The normalized spacial score (nSPS) is 11.5. The Morgan fingerprint density at radius 3 is 2.71 bits per heavy atom. The molecule has 4 N–H and O–H groups in total. The van der Waals surface area contributed by atoms with E-state index >= 15 is 0 Å². The molecule has 0 aliphatic carbocycles. The molecule has 1 rings (SSSR count). The molecule has 1 aromatic rings. The maximum atomic E-state index is 13.7. The molecule has 0 aliphatic heterocycles. The first kappa shape index (κ1) is 13.4. The van der Waals surface area contributed by atoms with Gasteiger partial charge in [-0.2, -0.15) is 0 Å². The van der Waals surface area contributed by atoms with E-state index in [1.165, 1.54) is 12.1 Å². The Hall–Kier alpha value is -1.69. The minimum absolute atomic E-state index is 0.134. The molecule has 6 heteroatoms. The SMILES string of the molecule is CCCN=C(NN)Nc1c(F)ccc(C)c1F. The van der Waals surface area contributed by atoms with Gasteiger partial charge in [0.1, 0.15) is 11.5 Å². The first-order valence-corrected chi connectivity index (χ1v) is 5.32. The molecular formula is C11H16F2N4. The van der Waals surface area contributed by atoms with E-state index < -0.39 is 11.6 Å². The predicted octanol–water partition coefficient (Wildman–Crippen LogP) is 1.91. The fourth-order valence-electron chi connectivity index (χ4n) is 1.23. The minimum Gasteiger partial charge on any atom is -0.320 e. The maximum absolute atomic E-state index is 13.7. The molecule has 0 saturated heterocycles. The highest BCUT2D eigenvalue weighted by Gasteiger charge is 2.12. The quantitative estimate of drug-likeness (QED) is 0.328. The van der Waals surface area contributed by atoms with Gasteiger partial charge in [0, 0.05) is 6.54 Å². The Kier molecular flexibility index (Phi) is 4.84. The summed E-state index contributed by atoms with van der Waals surface area (Å²) >= 11 is 0. The van der Waals surface area contributed by atoms with Crippen molar-refractivity contribution in [3.63, 3.8) is 0 Å². The number of hydrogen-bond acceptors (Lipinski definition) is 2. The van der Waals surface area contributed by atoms with Crippen LogP contribution in [0.25, 0.3) is 0 Å². The Morgan fingerprint density at radius 2 is 2.12 bits per heavy atom. The molecule has 0 bridgehead atoms. The zero-order valence-corrected chi connectivity index (χ0v) is 9.85. The molecular weight excluding hydrogens is 226 g/mol. The van der Waals surface area contributed by atoms with E-state index in [4.69, 9.17) is 5.84 Å². The number of hydrogen-bond donors (Lipinski definition) is 3. The third-order valence-electron chi connectivity index (χ3n) is 2.16. The lowest BCUT2D eigenvalue weighted by molar-refractivity contribution is 0.585. The molecule has 0 fully saturated rings. The highest BCUT2D eigenvalue weighted by molar-refractivity contribution is 5.93. The topological polar surface area (TPSA) is 62.4 Å². The van der Waals surface area contributed by atoms with Crippen molar-refractivity contribution in [2.24, 2.45) is 10.8 Å². The third kappa shape index (κ3) is 3.39. The minimum atomic E-state index is -0.687. The number of benzene rings is 1. The molecule has 0 unspecified atom stereocenters. The van der Waals surface area contributed by atoms with Crippen LogP contribution in [0.5, 0.6) is 0 Å². The summed E-state index contributed by atoms with van der Waals surface area (Å²) in [5.41, 5.74) is 2.36. The Labute approximate surface area is 98.9 Å². The van der Waals surface area contributed by atoms with Crippen LogP contribution in [0.4, 0.5) is 14.5 Å². The molecule has 0 saturated carbocycles. The van der Waals surface area contributed by atoms with Gasteiger partial charge in [-0.3, -0.25) is 10.4 Å². The van der Waals surface area contributed by atoms with E-state index in [-0.39, 0.29) is 11.6 Å². The molecule has 0 aliphatic rings. The second kappa shape index (κ2) is 6.15. The van der Waals surface area contributed by atoms with Gasteiger partial charge in [-0.05, 0) is 25.0 Å². The average Bonchev–Trinajstić information content (AvgIpc) is 2.33. The van der Waals surface area contributed by atoms with Crippen LogP contribution in [-0.2, 0) is 0 Å². The predicted molar refractivity (Wildman–Crippen MR) is 64.6 cm³/mol. The lowest BCUT2D eigenvalue weighted by Gasteiger charge is -2.11. The highest BCUT2D eigenvalue weighted by Crippen LogP contribution is 2.21. The van der Waals surface area contributed by atoms with Gasteiger partial charge in [-0.1, -0.05) is 13.0 Å². The smallest absolute Gasteiger partial charge is 0.210 e. The number of rotatable bonds is 3. The van der Waals surface area contributed by atoms with E-state index in [9.17, 15) is 8.78 Å². The molecule has 94 valence electrons. The van der Waals surface area contributed by atoms with Crippen molar-refractivity contribution in [2.45, 2.75) is 20.3 Å². The lowest BCUT2D eigenvalue weighted by atomic mass is 10.2. The van der Waals surface area contributed by atoms with Crippen molar-refractivity contribution in [3.05, 3.63) is 29.3 Å². The summed E-state index contributed by atoms with van der Waals surface area (Å²) in [6.07, 6.45) is 0.811. The van der Waals surface area contributed by atoms with Crippen LogP contribution >= 0.6 is 0 Å². The number of anilines is 1. The number of hydrazine groups is 1. The summed E-state index contributed by atoms with van der Waals surface area (Å²) in [5.74, 6) is 4.01. The van der Waals surface area contributed by atoms with E-state index in [2.05, 4.69) is 15.7 Å². The fourth-order valence-corrected chi connectivity index (χ4v) is 1.23. The Balaban J connectivity index is 2.97.